The van der Waals surface area contributed by atoms with Gasteiger partial charge in [-0.15, -0.1) is 0 Å². The highest BCUT2D eigenvalue weighted by molar-refractivity contribution is 5.78. The van der Waals surface area contributed by atoms with Crippen molar-refractivity contribution in [2.24, 2.45) is 5.73 Å². The third-order valence-electron chi connectivity index (χ3n) is 3.49. The van der Waals surface area contributed by atoms with Gasteiger partial charge in [0.1, 0.15) is 11.6 Å². The summed E-state index contributed by atoms with van der Waals surface area (Å²) in [6, 6.07) is 3.55. The maximum Gasteiger partial charge on any atom is 0.234 e. The van der Waals surface area contributed by atoms with Crippen molar-refractivity contribution < 1.29 is 13.6 Å². The van der Waals surface area contributed by atoms with Crippen LogP contribution in [-0.4, -0.2) is 36.5 Å². The lowest BCUT2D eigenvalue weighted by Crippen LogP contribution is -2.44. The fraction of sp³-hybridized carbons (Fsp3) is 0.500. The Labute approximate surface area is 116 Å². The van der Waals surface area contributed by atoms with Gasteiger partial charge in [0.25, 0.3) is 0 Å². The summed E-state index contributed by atoms with van der Waals surface area (Å²) in [5.41, 5.74) is 6.07. The summed E-state index contributed by atoms with van der Waals surface area (Å²) in [6.45, 7) is 1.97. The highest BCUT2D eigenvalue weighted by Gasteiger charge is 2.18. The number of carbonyl (C=O) groups excluding carboxylic acids is 1. The third-order valence-corrected chi connectivity index (χ3v) is 3.49. The lowest BCUT2D eigenvalue weighted by Gasteiger charge is -2.29. The third kappa shape index (κ3) is 4.25. The van der Waals surface area contributed by atoms with Crippen molar-refractivity contribution in [1.82, 2.24) is 10.2 Å². The maximum atomic E-state index is 13.4. The molecule has 20 heavy (non-hydrogen) atoms. The van der Waals surface area contributed by atoms with Gasteiger partial charge in [-0.1, -0.05) is 6.07 Å². The zero-order valence-corrected chi connectivity index (χ0v) is 11.2. The van der Waals surface area contributed by atoms with Gasteiger partial charge in [0.05, 0.1) is 6.54 Å². The van der Waals surface area contributed by atoms with Gasteiger partial charge in [0.15, 0.2) is 0 Å². The predicted octanol–water partition coefficient (Wildman–Crippen LogP) is 1.00. The number of rotatable bonds is 4. The Hall–Kier alpha value is -1.53. The second-order valence-corrected chi connectivity index (χ2v) is 5.13. The zero-order valence-electron chi connectivity index (χ0n) is 11.2. The molecule has 1 aliphatic heterocycles. The molecular weight excluding hydrogens is 264 g/mol. The van der Waals surface area contributed by atoms with Crippen LogP contribution in [-0.2, 0) is 11.3 Å². The fourth-order valence-corrected chi connectivity index (χ4v) is 2.23. The van der Waals surface area contributed by atoms with E-state index >= 15 is 0 Å². The Bertz CT molecular complexity index is 473. The summed E-state index contributed by atoms with van der Waals surface area (Å²) in [6.07, 6.45) is 1.78. The first-order valence-electron chi connectivity index (χ1n) is 6.73. The molecule has 0 spiro atoms. The van der Waals surface area contributed by atoms with Crippen molar-refractivity contribution in [1.29, 1.82) is 0 Å². The van der Waals surface area contributed by atoms with E-state index in [9.17, 15) is 13.6 Å². The number of hydrogen-bond donors (Lipinski definition) is 2. The summed E-state index contributed by atoms with van der Waals surface area (Å²) in [4.78, 5) is 13.8. The van der Waals surface area contributed by atoms with Gasteiger partial charge in [-0.2, -0.15) is 0 Å². The van der Waals surface area contributed by atoms with E-state index in [1.807, 2.05) is 4.90 Å². The molecule has 110 valence electrons. The minimum absolute atomic E-state index is 0.0678. The van der Waals surface area contributed by atoms with Crippen LogP contribution >= 0.6 is 0 Å². The summed E-state index contributed by atoms with van der Waals surface area (Å²) in [5, 5.41) is 2.64. The van der Waals surface area contributed by atoms with Gasteiger partial charge in [-0.05, 0) is 18.9 Å². The molecule has 4 nitrogen and oxygen atoms in total. The summed E-state index contributed by atoms with van der Waals surface area (Å²) < 4.78 is 26.1. The maximum absolute atomic E-state index is 13.4. The number of nitrogens with two attached hydrogens (primary N) is 1. The molecule has 1 saturated heterocycles. The Morgan fingerprint density at radius 1 is 1.35 bits per heavy atom. The number of nitrogens with zero attached hydrogens (tertiary/aromatic N) is 1. The zero-order chi connectivity index (χ0) is 14.5. The fourth-order valence-electron chi connectivity index (χ4n) is 2.23. The SMILES string of the molecule is NC1CCN(CC(=O)NCc2ccc(F)cc2F)CC1. The normalized spacial score (nSPS) is 17.1. The molecule has 0 atom stereocenters. The van der Waals surface area contributed by atoms with Crippen molar-refractivity contribution in [3.05, 3.63) is 35.4 Å². The van der Waals surface area contributed by atoms with E-state index in [0.717, 1.165) is 32.0 Å². The molecule has 1 aromatic rings. The van der Waals surface area contributed by atoms with E-state index in [1.54, 1.807) is 0 Å². The average molecular weight is 283 g/mol. The molecule has 1 aliphatic rings. The molecule has 3 N–H and O–H groups in total. The lowest BCUT2D eigenvalue weighted by molar-refractivity contribution is -0.122. The Morgan fingerprint density at radius 3 is 2.70 bits per heavy atom. The number of amides is 1. The number of halogens is 2. The van der Waals surface area contributed by atoms with E-state index in [4.69, 9.17) is 5.73 Å². The summed E-state index contributed by atoms with van der Waals surface area (Å²) >= 11 is 0. The minimum atomic E-state index is -0.644. The van der Waals surface area contributed by atoms with Crippen LogP contribution in [0.25, 0.3) is 0 Å². The molecule has 0 bridgehead atoms. The molecule has 1 fully saturated rings. The van der Waals surface area contributed by atoms with Crippen molar-refractivity contribution in [2.45, 2.75) is 25.4 Å². The van der Waals surface area contributed by atoms with Crippen LogP contribution in [0.3, 0.4) is 0 Å². The van der Waals surface area contributed by atoms with Gasteiger partial charge >= 0.3 is 0 Å². The number of carbonyl (C=O) groups is 1. The molecule has 0 saturated carbocycles. The number of piperidine rings is 1. The smallest absolute Gasteiger partial charge is 0.234 e. The van der Waals surface area contributed by atoms with E-state index < -0.39 is 11.6 Å². The van der Waals surface area contributed by atoms with Crippen LogP contribution in [0.5, 0.6) is 0 Å². The molecule has 2 rings (SSSR count). The first-order chi connectivity index (χ1) is 9.54. The quantitative estimate of drug-likeness (QED) is 0.867. The second-order valence-electron chi connectivity index (χ2n) is 5.13. The molecule has 0 aromatic heterocycles. The molecule has 1 amide bonds. The van der Waals surface area contributed by atoms with Crippen molar-refractivity contribution in [3.8, 4) is 0 Å². The van der Waals surface area contributed by atoms with Crippen molar-refractivity contribution in [2.75, 3.05) is 19.6 Å². The Morgan fingerprint density at radius 2 is 2.05 bits per heavy atom. The number of hydrogen-bond acceptors (Lipinski definition) is 3. The van der Waals surface area contributed by atoms with Gasteiger partial charge in [0, 0.05) is 37.3 Å². The second kappa shape index (κ2) is 6.76. The highest BCUT2D eigenvalue weighted by Crippen LogP contribution is 2.10. The molecule has 1 heterocycles. The Balaban J connectivity index is 1.77. The highest BCUT2D eigenvalue weighted by atomic mass is 19.1. The van der Waals surface area contributed by atoms with Gasteiger partial charge in [-0.25, -0.2) is 8.78 Å². The van der Waals surface area contributed by atoms with Crippen LogP contribution in [0.15, 0.2) is 18.2 Å². The molecule has 0 radical (unpaired) electrons. The van der Waals surface area contributed by atoms with E-state index in [1.165, 1.54) is 12.1 Å². The number of benzene rings is 1. The minimum Gasteiger partial charge on any atom is -0.351 e. The molecule has 6 heteroatoms. The first kappa shape index (κ1) is 14.9. The van der Waals surface area contributed by atoms with Crippen LogP contribution in [0.1, 0.15) is 18.4 Å². The van der Waals surface area contributed by atoms with Crippen LogP contribution in [0.2, 0.25) is 0 Å². The van der Waals surface area contributed by atoms with Crippen LogP contribution < -0.4 is 11.1 Å². The first-order valence-corrected chi connectivity index (χ1v) is 6.73. The van der Waals surface area contributed by atoms with Crippen LogP contribution in [0.4, 0.5) is 8.78 Å². The average Bonchev–Trinajstić information content (AvgIpc) is 2.40. The predicted molar refractivity (Wildman–Crippen MR) is 71.9 cm³/mol. The number of likely N-dealkylation sites (tertiary alicyclic amines) is 1. The van der Waals surface area contributed by atoms with E-state index in [2.05, 4.69) is 5.32 Å². The van der Waals surface area contributed by atoms with Gasteiger partial charge in [-0.3, -0.25) is 9.69 Å². The molecule has 0 aliphatic carbocycles. The van der Waals surface area contributed by atoms with Crippen molar-refractivity contribution in [3.63, 3.8) is 0 Å². The standard InChI is InChI=1S/C14H19F2N3O/c15-11-2-1-10(13(16)7-11)8-18-14(20)9-19-5-3-12(17)4-6-19/h1-2,7,12H,3-6,8-9,17H2,(H,18,20). The van der Waals surface area contributed by atoms with E-state index in [0.29, 0.717) is 0 Å². The molecule has 1 aromatic carbocycles. The number of nitrogens with one attached hydrogen (secondary N) is 1. The van der Waals surface area contributed by atoms with E-state index in [-0.39, 0.29) is 30.6 Å². The van der Waals surface area contributed by atoms with Gasteiger partial charge in [0.2, 0.25) is 5.91 Å². The summed E-state index contributed by atoms with van der Waals surface area (Å²) in [7, 11) is 0. The summed E-state index contributed by atoms with van der Waals surface area (Å²) in [5.74, 6) is -1.43. The molecular formula is C14H19F2N3O. The van der Waals surface area contributed by atoms with Crippen molar-refractivity contribution >= 4 is 5.91 Å². The topological polar surface area (TPSA) is 58.4 Å². The van der Waals surface area contributed by atoms with Crippen LogP contribution in [0, 0.1) is 11.6 Å². The lowest BCUT2D eigenvalue weighted by atomic mass is 10.1. The monoisotopic (exact) mass is 283 g/mol. The largest absolute Gasteiger partial charge is 0.351 e. The Kier molecular flexibility index (Phi) is 5.03. The van der Waals surface area contributed by atoms with Gasteiger partial charge < -0.3 is 11.1 Å². The molecule has 0 unspecified atom stereocenters.